The van der Waals surface area contributed by atoms with Gasteiger partial charge in [0.2, 0.25) is 0 Å². The molecule has 1 nitrogen and oxygen atoms in total. The Bertz CT molecular complexity index is 571. The van der Waals surface area contributed by atoms with Crippen molar-refractivity contribution in [3.8, 4) is 11.8 Å². The first-order valence-electron chi connectivity index (χ1n) is 6.46. The molecule has 2 aromatic rings. The van der Waals surface area contributed by atoms with E-state index in [4.69, 9.17) is 0 Å². The van der Waals surface area contributed by atoms with Crippen LogP contribution in [0.15, 0.2) is 54.6 Å². The number of unbranched alkanes of at least 4 members (excludes halogenated alkanes) is 1. The normalized spacial score (nSPS) is 9.47. The molecule has 0 aliphatic heterocycles. The van der Waals surface area contributed by atoms with Crippen LogP contribution >= 0.6 is 0 Å². The summed E-state index contributed by atoms with van der Waals surface area (Å²) >= 11 is 0. The van der Waals surface area contributed by atoms with Gasteiger partial charge in [0.25, 0.3) is 0 Å². The van der Waals surface area contributed by atoms with Crippen molar-refractivity contribution < 1.29 is 4.79 Å². The SMILES string of the molecule is O=Cc1ccc(C#CCCCc2ccccc2)cc1. The van der Waals surface area contributed by atoms with Crippen molar-refractivity contribution >= 4 is 6.29 Å². The molecule has 94 valence electrons. The van der Waals surface area contributed by atoms with E-state index in [0.29, 0.717) is 5.56 Å². The van der Waals surface area contributed by atoms with Gasteiger partial charge in [-0.1, -0.05) is 54.3 Å². The Morgan fingerprint density at radius 2 is 1.68 bits per heavy atom. The molecule has 0 N–H and O–H groups in total. The van der Waals surface area contributed by atoms with Crippen molar-refractivity contribution in [1.29, 1.82) is 0 Å². The Hall–Kier alpha value is -2.33. The second-order valence-corrected chi connectivity index (χ2v) is 4.38. The maximum absolute atomic E-state index is 10.5. The standard InChI is InChI=1S/C18H16O/c19-15-18-13-11-17(12-14-18)10-6-2-5-9-16-7-3-1-4-8-16/h1,3-4,7-8,11-15H,2,5,9H2. The summed E-state index contributed by atoms with van der Waals surface area (Å²) in [6.45, 7) is 0. The second kappa shape index (κ2) is 7.18. The number of hydrogen-bond acceptors (Lipinski definition) is 1. The molecular formula is C18H16O. The summed E-state index contributed by atoms with van der Waals surface area (Å²) in [7, 11) is 0. The van der Waals surface area contributed by atoms with E-state index in [2.05, 4.69) is 36.1 Å². The smallest absolute Gasteiger partial charge is 0.150 e. The maximum Gasteiger partial charge on any atom is 0.150 e. The van der Waals surface area contributed by atoms with Gasteiger partial charge in [0.1, 0.15) is 6.29 Å². The number of aldehydes is 1. The molecule has 2 aromatic carbocycles. The summed E-state index contributed by atoms with van der Waals surface area (Å²) in [5.41, 5.74) is 3.01. The van der Waals surface area contributed by atoms with Gasteiger partial charge in [-0.2, -0.15) is 0 Å². The van der Waals surface area contributed by atoms with Crippen LogP contribution < -0.4 is 0 Å². The summed E-state index contributed by atoms with van der Waals surface area (Å²) in [5.74, 6) is 6.29. The molecule has 0 saturated heterocycles. The van der Waals surface area contributed by atoms with Crippen LogP contribution in [0.3, 0.4) is 0 Å². The fourth-order valence-electron chi connectivity index (χ4n) is 1.84. The highest BCUT2D eigenvalue weighted by molar-refractivity contribution is 5.74. The number of benzene rings is 2. The molecule has 0 radical (unpaired) electrons. The average Bonchev–Trinajstić information content (AvgIpc) is 2.49. The minimum atomic E-state index is 0.689. The molecule has 2 rings (SSSR count). The van der Waals surface area contributed by atoms with Gasteiger partial charge in [-0.05, 0) is 30.5 Å². The molecule has 0 aliphatic carbocycles. The van der Waals surface area contributed by atoms with E-state index >= 15 is 0 Å². The van der Waals surface area contributed by atoms with Gasteiger partial charge in [-0.15, -0.1) is 0 Å². The van der Waals surface area contributed by atoms with Gasteiger partial charge >= 0.3 is 0 Å². The van der Waals surface area contributed by atoms with Crippen LogP contribution in [0.25, 0.3) is 0 Å². The highest BCUT2D eigenvalue weighted by atomic mass is 16.1. The van der Waals surface area contributed by atoms with E-state index in [9.17, 15) is 4.79 Å². The summed E-state index contributed by atoms with van der Waals surface area (Å²) in [6.07, 6.45) is 3.88. The van der Waals surface area contributed by atoms with Crippen molar-refractivity contribution in [2.24, 2.45) is 0 Å². The Morgan fingerprint density at radius 3 is 2.37 bits per heavy atom. The van der Waals surface area contributed by atoms with Gasteiger partial charge in [0.05, 0.1) is 0 Å². The van der Waals surface area contributed by atoms with Crippen LogP contribution in [0.1, 0.15) is 34.3 Å². The Morgan fingerprint density at radius 1 is 0.947 bits per heavy atom. The molecule has 19 heavy (non-hydrogen) atoms. The molecule has 0 atom stereocenters. The van der Waals surface area contributed by atoms with Crippen LogP contribution in [0.4, 0.5) is 0 Å². The van der Waals surface area contributed by atoms with Crippen molar-refractivity contribution in [3.05, 3.63) is 71.3 Å². The van der Waals surface area contributed by atoms with E-state index < -0.39 is 0 Å². The molecule has 0 spiro atoms. The van der Waals surface area contributed by atoms with Crippen molar-refractivity contribution in [2.75, 3.05) is 0 Å². The van der Waals surface area contributed by atoms with Crippen molar-refractivity contribution in [1.82, 2.24) is 0 Å². The van der Waals surface area contributed by atoms with Crippen LogP contribution in [0.2, 0.25) is 0 Å². The number of carbonyl (C=O) groups excluding carboxylic acids is 1. The lowest BCUT2D eigenvalue weighted by atomic mass is 10.1. The molecule has 0 fully saturated rings. The lowest BCUT2D eigenvalue weighted by Gasteiger charge is -1.97. The largest absolute Gasteiger partial charge is 0.298 e. The van der Waals surface area contributed by atoms with Crippen LogP contribution in [-0.4, -0.2) is 6.29 Å². The third kappa shape index (κ3) is 4.44. The minimum Gasteiger partial charge on any atom is -0.298 e. The lowest BCUT2D eigenvalue weighted by molar-refractivity contribution is 0.112. The summed E-state index contributed by atoms with van der Waals surface area (Å²) < 4.78 is 0. The lowest BCUT2D eigenvalue weighted by Crippen LogP contribution is -1.83. The first kappa shape index (κ1) is 13.1. The van der Waals surface area contributed by atoms with Gasteiger partial charge < -0.3 is 0 Å². The van der Waals surface area contributed by atoms with Gasteiger partial charge in [-0.25, -0.2) is 0 Å². The van der Waals surface area contributed by atoms with Crippen molar-refractivity contribution in [2.45, 2.75) is 19.3 Å². The fraction of sp³-hybridized carbons (Fsp3) is 0.167. The van der Waals surface area contributed by atoms with E-state index in [-0.39, 0.29) is 0 Å². The molecule has 1 heteroatoms. The Labute approximate surface area is 114 Å². The monoisotopic (exact) mass is 248 g/mol. The van der Waals surface area contributed by atoms with Crippen LogP contribution in [0, 0.1) is 11.8 Å². The molecule has 0 saturated carbocycles. The van der Waals surface area contributed by atoms with E-state index in [1.54, 1.807) is 12.1 Å². The topological polar surface area (TPSA) is 17.1 Å². The van der Waals surface area contributed by atoms with E-state index in [1.807, 2.05) is 18.2 Å². The molecule has 0 amide bonds. The highest BCUT2D eigenvalue weighted by Crippen LogP contribution is 2.04. The van der Waals surface area contributed by atoms with Gasteiger partial charge in [0.15, 0.2) is 0 Å². The summed E-state index contributed by atoms with van der Waals surface area (Å²) in [5, 5.41) is 0. The van der Waals surface area contributed by atoms with E-state index in [1.165, 1.54) is 5.56 Å². The summed E-state index contributed by atoms with van der Waals surface area (Å²) in [4.78, 5) is 10.5. The van der Waals surface area contributed by atoms with Crippen LogP contribution in [-0.2, 0) is 6.42 Å². The second-order valence-electron chi connectivity index (χ2n) is 4.38. The average molecular weight is 248 g/mol. The van der Waals surface area contributed by atoms with Crippen molar-refractivity contribution in [3.63, 3.8) is 0 Å². The first-order valence-corrected chi connectivity index (χ1v) is 6.46. The summed E-state index contributed by atoms with van der Waals surface area (Å²) in [6, 6.07) is 17.8. The zero-order chi connectivity index (χ0) is 13.3. The predicted molar refractivity (Wildman–Crippen MR) is 78.1 cm³/mol. The van der Waals surface area contributed by atoms with Gasteiger partial charge in [0, 0.05) is 17.5 Å². The highest BCUT2D eigenvalue weighted by Gasteiger charge is 1.91. The number of aryl methyl sites for hydroxylation is 1. The fourth-order valence-corrected chi connectivity index (χ4v) is 1.84. The third-order valence-corrected chi connectivity index (χ3v) is 2.89. The number of carbonyl (C=O) groups is 1. The third-order valence-electron chi connectivity index (χ3n) is 2.89. The van der Waals surface area contributed by atoms with E-state index in [0.717, 1.165) is 31.1 Å². The molecule has 0 unspecified atom stereocenters. The molecule has 0 heterocycles. The molecule has 0 aromatic heterocycles. The Balaban J connectivity index is 1.79. The zero-order valence-electron chi connectivity index (χ0n) is 10.8. The molecule has 0 bridgehead atoms. The first-order chi connectivity index (χ1) is 9.38. The molecule has 0 aliphatic rings. The maximum atomic E-state index is 10.5. The number of hydrogen-bond donors (Lipinski definition) is 0. The quantitative estimate of drug-likeness (QED) is 0.456. The van der Waals surface area contributed by atoms with Gasteiger partial charge in [-0.3, -0.25) is 4.79 Å². The molecular weight excluding hydrogens is 232 g/mol. The van der Waals surface area contributed by atoms with Crippen LogP contribution in [0.5, 0.6) is 0 Å². The zero-order valence-corrected chi connectivity index (χ0v) is 10.8. The Kier molecular flexibility index (Phi) is 4.96. The minimum absolute atomic E-state index is 0.689. The number of rotatable bonds is 4. The predicted octanol–water partition coefficient (Wildman–Crippen LogP) is 3.87.